The summed E-state index contributed by atoms with van der Waals surface area (Å²) in [6.45, 7) is 3.47. The molecule has 14 heavy (non-hydrogen) atoms. The first-order valence-corrected chi connectivity index (χ1v) is 4.02. The second kappa shape index (κ2) is 2.76. The van der Waals surface area contributed by atoms with Gasteiger partial charge in [-0.3, -0.25) is 0 Å². The van der Waals surface area contributed by atoms with E-state index >= 15 is 0 Å². The molecule has 72 valence electrons. The van der Waals surface area contributed by atoms with Crippen molar-refractivity contribution in [3.63, 3.8) is 0 Å². The van der Waals surface area contributed by atoms with Gasteiger partial charge in [-0.1, -0.05) is 5.21 Å². The molecule has 0 spiro atoms. The molecule has 2 rings (SSSR count). The van der Waals surface area contributed by atoms with Crippen molar-refractivity contribution in [3.05, 3.63) is 23.1 Å². The van der Waals surface area contributed by atoms with Crippen LogP contribution < -0.4 is 0 Å². The monoisotopic (exact) mass is 192 g/mol. The summed E-state index contributed by atoms with van der Waals surface area (Å²) in [5.74, 6) is -1.04. The van der Waals surface area contributed by atoms with Gasteiger partial charge in [0.25, 0.3) is 0 Å². The van der Waals surface area contributed by atoms with E-state index in [1.807, 2.05) is 0 Å². The zero-order valence-electron chi connectivity index (χ0n) is 7.72. The molecule has 0 aromatic carbocycles. The maximum atomic E-state index is 10.9. The van der Waals surface area contributed by atoms with E-state index in [2.05, 4.69) is 15.3 Å². The molecule has 0 atom stereocenters. The third kappa shape index (κ3) is 1.12. The van der Waals surface area contributed by atoms with Crippen LogP contribution in [0.4, 0.5) is 0 Å². The molecule has 0 aliphatic heterocycles. The molecule has 0 bridgehead atoms. The summed E-state index contributed by atoms with van der Waals surface area (Å²) >= 11 is 0. The normalized spacial score (nSPS) is 10.7. The fraction of sp³-hybridized carbons (Fsp3) is 0.250. The molecule has 2 aromatic rings. The second-order valence-corrected chi connectivity index (χ2v) is 3.00. The van der Waals surface area contributed by atoms with Gasteiger partial charge in [0.15, 0.2) is 11.3 Å². The summed E-state index contributed by atoms with van der Waals surface area (Å²) in [6, 6.07) is 1.46. The first kappa shape index (κ1) is 8.61. The van der Waals surface area contributed by atoms with Crippen LogP contribution >= 0.6 is 0 Å². The van der Waals surface area contributed by atoms with Crippen molar-refractivity contribution in [3.8, 4) is 0 Å². The van der Waals surface area contributed by atoms with Crippen LogP contribution in [0, 0.1) is 13.8 Å². The van der Waals surface area contributed by atoms with Crippen molar-refractivity contribution in [1.29, 1.82) is 0 Å². The lowest BCUT2D eigenvalue weighted by Gasteiger charge is -1.99. The molecule has 0 aliphatic rings. The fourth-order valence-electron chi connectivity index (χ4n) is 1.25. The quantitative estimate of drug-likeness (QED) is 0.709. The summed E-state index contributed by atoms with van der Waals surface area (Å²) in [6.07, 6.45) is 0. The number of aromatic nitrogens is 4. The maximum Gasteiger partial charge on any atom is 0.354 e. The number of hydrogen-bond acceptors (Lipinski definition) is 4. The Balaban J connectivity index is 2.88. The Morgan fingerprint density at radius 2 is 2.21 bits per heavy atom. The van der Waals surface area contributed by atoms with Gasteiger partial charge in [-0.15, -0.1) is 5.10 Å². The van der Waals surface area contributed by atoms with Gasteiger partial charge in [-0.25, -0.2) is 9.78 Å². The van der Waals surface area contributed by atoms with Crippen molar-refractivity contribution in [2.45, 2.75) is 13.8 Å². The number of rotatable bonds is 1. The van der Waals surface area contributed by atoms with E-state index in [0.717, 1.165) is 0 Å². The first-order valence-electron chi connectivity index (χ1n) is 4.02. The molecule has 0 saturated carbocycles. The van der Waals surface area contributed by atoms with Gasteiger partial charge in [0.1, 0.15) is 5.69 Å². The second-order valence-electron chi connectivity index (χ2n) is 3.00. The van der Waals surface area contributed by atoms with Crippen LogP contribution in [0.5, 0.6) is 0 Å². The van der Waals surface area contributed by atoms with Crippen molar-refractivity contribution in [2.75, 3.05) is 0 Å². The number of hydrogen-bond donors (Lipinski definition) is 1. The summed E-state index contributed by atoms with van der Waals surface area (Å²) in [4.78, 5) is 15.0. The average Bonchev–Trinajstić information content (AvgIpc) is 2.47. The Hall–Kier alpha value is -1.98. The zero-order valence-corrected chi connectivity index (χ0v) is 7.72. The van der Waals surface area contributed by atoms with Crippen molar-refractivity contribution in [2.24, 2.45) is 0 Å². The van der Waals surface area contributed by atoms with Gasteiger partial charge in [-0.05, 0) is 19.9 Å². The van der Waals surface area contributed by atoms with Crippen LogP contribution in [0.2, 0.25) is 0 Å². The highest BCUT2D eigenvalue weighted by molar-refractivity contribution is 5.86. The van der Waals surface area contributed by atoms with Crippen LogP contribution in [0.1, 0.15) is 21.9 Å². The van der Waals surface area contributed by atoms with Crippen LogP contribution in [0.25, 0.3) is 5.65 Å². The van der Waals surface area contributed by atoms with Gasteiger partial charge >= 0.3 is 5.97 Å². The minimum Gasteiger partial charge on any atom is -0.477 e. The first-order chi connectivity index (χ1) is 6.59. The van der Waals surface area contributed by atoms with Gasteiger partial charge in [0.2, 0.25) is 0 Å². The van der Waals surface area contributed by atoms with Crippen molar-refractivity contribution >= 4 is 11.6 Å². The Morgan fingerprint density at radius 1 is 1.50 bits per heavy atom. The van der Waals surface area contributed by atoms with Crippen LogP contribution in [-0.4, -0.2) is 30.9 Å². The smallest absolute Gasteiger partial charge is 0.354 e. The molecule has 2 heterocycles. The SMILES string of the molecule is Cc1cc(C(=O)O)n2nnc(C)c2n1. The predicted octanol–water partition coefficient (Wildman–Crippen LogP) is 0.439. The summed E-state index contributed by atoms with van der Waals surface area (Å²) in [5, 5.41) is 16.4. The topological polar surface area (TPSA) is 80.4 Å². The third-order valence-electron chi connectivity index (χ3n) is 1.88. The Labute approximate surface area is 79.2 Å². The minimum atomic E-state index is -1.04. The third-order valence-corrected chi connectivity index (χ3v) is 1.88. The Kier molecular flexibility index (Phi) is 1.70. The highest BCUT2D eigenvalue weighted by Gasteiger charge is 2.13. The molecule has 2 aromatic heterocycles. The Bertz CT molecular complexity index is 517. The summed E-state index contributed by atoms with van der Waals surface area (Å²) in [7, 11) is 0. The molecule has 0 unspecified atom stereocenters. The number of nitrogens with zero attached hydrogens (tertiary/aromatic N) is 4. The van der Waals surface area contributed by atoms with Crippen LogP contribution in [-0.2, 0) is 0 Å². The van der Waals surface area contributed by atoms with E-state index in [-0.39, 0.29) is 5.69 Å². The number of carboxylic acids is 1. The van der Waals surface area contributed by atoms with Gasteiger partial charge in [0.05, 0.1) is 0 Å². The molecule has 0 radical (unpaired) electrons. The number of fused-ring (bicyclic) bond motifs is 1. The van der Waals surface area contributed by atoms with Crippen molar-refractivity contribution in [1.82, 2.24) is 19.8 Å². The molecule has 0 saturated heterocycles. The van der Waals surface area contributed by atoms with E-state index in [0.29, 0.717) is 17.0 Å². The minimum absolute atomic E-state index is 0.0769. The predicted molar refractivity (Wildman–Crippen MR) is 47.2 cm³/mol. The van der Waals surface area contributed by atoms with Crippen molar-refractivity contribution < 1.29 is 9.90 Å². The Morgan fingerprint density at radius 3 is 2.86 bits per heavy atom. The lowest BCUT2D eigenvalue weighted by atomic mass is 10.3. The molecule has 0 amide bonds. The molecule has 0 fully saturated rings. The van der Waals surface area contributed by atoms with Gasteiger partial charge in [0, 0.05) is 5.69 Å². The number of carbonyl (C=O) groups is 1. The number of aryl methyl sites for hydroxylation is 2. The molecule has 1 N–H and O–H groups in total. The van der Waals surface area contributed by atoms with E-state index in [1.165, 1.54) is 10.6 Å². The number of aromatic carboxylic acids is 1. The molecular formula is C8H8N4O2. The van der Waals surface area contributed by atoms with Gasteiger partial charge < -0.3 is 5.11 Å². The van der Waals surface area contributed by atoms with Gasteiger partial charge in [-0.2, -0.15) is 4.52 Å². The average molecular weight is 192 g/mol. The lowest BCUT2D eigenvalue weighted by molar-refractivity contribution is 0.0687. The standard InChI is InChI=1S/C8H8N4O2/c1-4-3-6(8(13)14)12-7(9-4)5(2)10-11-12/h3H,1-2H3,(H,13,14). The summed E-state index contributed by atoms with van der Waals surface area (Å²) in [5.41, 5.74) is 1.83. The van der Waals surface area contributed by atoms with E-state index in [4.69, 9.17) is 5.11 Å². The highest BCUT2D eigenvalue weighted by Crippen LogP contribution is 2.08. The fourth-order valence-corrected chi connectivity index (χ4v) is 1.25. The molecule has 0 aliphatic carbocycles. The zero-order chi connectivity index (χ0) is 10.3. The van der Waals surface area contributed by atoms with Crippen LogP contribution in [0.3, 0.4) is 0 Å². The highest BCUT2D eigenvalue weighted by atomic mass is 16.4. The van der Waals surface area contributed by atoms with E-state index < -0.39 is 5.97 Å². The molecule has 6 heteroatoms. The van der Waals surface area contributed by atoms with Crippen LogP contribution in [0.15, 0.2) is 6.07 Å². The summed E-state index contributed by atoms with van der Waals surface area (Å²) < 4.78 is 1.23. The van der Waals surface area contributed by atoms with E-state index in [9.17, 15) is 4.79 Å². The largest absolute Gasteiger partial charge is 0.477 e. The van der Waals surface area contributed by atoms with E-state index in [1.54, 1.807) is 13.8 Å². The maximum absolute atomic E-state index is 10.9. The lowest BCUT2D eigenvalue weighted by Crippen LogP contribution is -2.08. The molecular weight excluding hydrogens is 184 g/mol. The number of carboxylic acid groups (broad SMARTS) is 1. The molecule has 6 nitrogen and oxygen atoms in total.